The van der Waals surface area contributed by atoms with Crippen LogP contribution in [0.15, 0.2) is 34.7 Å². The summed E-state index contributed by atoms with van der Waals surface area (Å²) in [6, 6.07) is 7.38. The molecule has 32 heavy (non-hydrogen) atoms. The molecule has 0 N–H and O–H groups in total. The van der Waals surface area contributed by atoms with E-state index in [0.717, 1.165) is 11.3 Å². The molecule has 1 fully saturated rings. The number of hydrogen-bond donors (Lipinski definition) is 0. The van der Waals surface area contributed by atoms with Gasteiger partial charge < -0.3 is 4.90 Å². The van der Waals surface area contributed by atoms with Crippen LogP contribution < -0.4 is 4.90 Å². The van der Waals surface area contributed by atoms with E-state index in [1.165, 1.54) is 31.3 Å². The first-order valence-corrected chi connectivity index (χ1v) is 10.7. The van der Waals surface area contributed by atoms with Gasteiger partial charge in [0.25, 0.3) is 0 Å². The number of halogens is 9. The van der Waals surface area contributed by atoms with E-state index in [0.29, 0.717) is 12.8 Å². The fourth-order valence-corrected chi connectivity index (χ4v) is 4.34. The normalized spacial score (nSPS) is 18.0. The molecule has 0 bridgehead atoms. The number of rotatable bonds is 6. The molecule has 0 aliphatic heterocycles. The van der Waals surface area contributed by atoms with Gasteiger partial charge in [-0.3, -0.25) is 0 Å². The lowest BCUT2D eigenvalue weighted by Crippen LogP contribution is -2.63. The Balaban J connectivity index is 2.61. The number of sulfonamides is 1. The largest absolute Gasteiger partial charge is 0.460 e. The number of benzene rings is 1. The third-order valence-corrected chi connectivity index (χ3v) is 6.44. The van der Waals surface area contributed by atoms with Crippen molar-refractivity contribution in [3.05, 3.63) is 30.3 Å². The molecule has 0 unspecified atom stereocenters. The standard InChI is InChI=1S/C18H19F9N2O2S/c1-29(13-10-6-3-7-11-13)14(12-8-4-2-5-9-12)28-32(30,31)18(26,27)16(21,22)15(19,20)17(23,24)25/h3,6-7,10-12H,2,4-5,8-9H2,1H3/b28-14+. The molecule has 0 amide bonds. The van der Waals surface area contributed by atoms with Crippen LogP contribution in [-0.2, 0) is 10.0 Å². The SMILES string of the molecule is CN(/C(=N/S(=O)(=O)C(F)(F)C(F)(F)C(F)(F)C(F)(F)F)C1CCCCC1)c1ccccc1. The minimum Gasteiger partial charge on any atom is -0.332 e. The second-order valence-electron chi connectivity index (χ2n) is 7.32. The maximum atomic E-state index is 14.2. The molecule has 1 aliphatic carbocycles. The van der Waals surface area contributed by atoms with Gasteiger partial charge in [-0.1, -0.05) is 37.5 Å². The number of nitrogens with zero attached hydrogens (tertiary/aromatic N) is 2. The van der Waals surface area contributed by atoms with Crippen molar-refractivity contribution in [2.24, 2.45) is 10.3 Å². The smallest absolute Gasteiger partial charge is 0.332 e. The maximum Gasteiger partial charge on any atom is 0.460 e. The molecule has 0 aromatic heterocycles. The summed E-state index contributed by atoms with van der Waals surface area (Å²) in [5.41, 5.74) is 0.211. The van der Waals surface area contributed by atoms with Gasteiger partial charge in [0.1, 0.15) is 5.84 Å². The van der Waals surface area contributed by atoms with E-state index in [1.54, 1.807) is 6.07 Å². The van der Waals surface area contributed by atoms with Crippen molar-refractivity contribution in [3.63, 3.8) is 0 Å². The highest BCUT2D eigenvalue weighted by Crippen LogP contribution is 2.55. The molecule has 0 heterocycles. The van der Waals surface area contributed by atoms with Crippen molar-refractivity contribution < 1.29 is 47.9 Å². The number of amidine groups is 1. The summed E-state index contributed by atoms with van der Waals surface area (Å²) < 4.78 is 146. The Morgan fingerprint density at radius 1 is 0.875 bits per heavy atom. The first kappa shape index (κ1) is 26.3. The molecule has 1 aliphatic rings. The summed E-state index contributed by atoms with van der Waals surface area (Å²) in [4.78, 5) is 1.00. The van der Waals surface area contributed by atoms with Crippen LogP contribution in [0.5, 0.6) is 0 Å². The van der Waals surface area contributed by atoms with Gasteiger partial charge in [0.2, 0.25) is 0 Å². The Hall–Kier alpha value is -1.99. The summed E-state index contributed by atoms with van der Waals surface area (Å²) in [5.74, 6) is -16.1. The molecule has 0 atom stereocenters. The van der Waals surface area contributed by atoms with Gasteiger partial charge in [0.05, 0.1) is 0 Å². The summed E-state index contributed by atoms with van der Waals surface area (Å²) in [7, 11) is -5.69. The topological polar surface area (TPSA) is 49.7 Å². The van der Waals surface area contributed by atoms with Crippen molar-refractivity contribution in [3.8, 4) is 0 Å². The summed E-state index contributed by atoms with van der Waals surface area (Å²) in [6.45, 7) is 0. The quantitative estimate of drug-likeness (QED) is 0.281. The molecule has 182 valence electrons. The monoisotopic (exact) mass is 498 g/mol. The summed E-state index contributed by atoms with van der Waals surface area (Å²) >= 11 is 0. The third-order valence-electron chi connectivity index (χ3n) is 5.11. The fourth-order valence-electron chi connectivity index (χ4n) is 3.26. The molecule has 1 aromatic carbocycles. The minimum atomic E-state index is -7.33. The predicted molar refractivity (Wildman–Crippen MR) is 98.7 cm³/mol. The summed E-state index contributed by atoms with van der Waals surface area (Å²) in [5, 5.41) is -6.85. The van der Waals surface area contributed by atoms with E-state index < -0.39 is 45.1 Å². The number of alkyl halides is 9. The second kappa shape index (κ2) is 8.75. The van der Waals surface area contributed by atoms with Crippen LogP contribution in [0.3, 0.4) is 0 Å². The zero-order valence-corrected chi connectivity index (χ0v) is 17.3. The first-order valence-electron chi connectivity index (χ1n) is 9.30. The van der Waals surface area contributed by atoms with E-state index in [9.17, 15) is 47.9 Å². The van der Waals surface area contributed by atoms with Gasteiger partial charge in [0, 0.05) is 18.7 Å². The summed E-state index contributed by atoms with van der Waals surface area (Å²) in [6.07, 6.45) is -4.92. The predicted octanol–water partition coefficient (Wildman–Crippen LogP) is 5.86. The first-order chi connectivity index (χ1) is 14.5. The van der Waals surface area contributed by atoms with Crippen molar-refractivity contribution >= 4 is 21.5 Å². The highest BCUT2D eigenvalue weighted by molar-refractivity contribution is 7.91. The molecule has 1 aromatic rings. The van der Waals surface area contributed by atoms with Crippen LogP contribution in [0.25, 0.3) is 0 Å². The van der Waals surface area contributed by atoms with Crippen LogP contribution in [-0.4, -0.2) is 44.6 Å². The van der Waals surface area contributed by atoms with Crippen LogP contribution in [0.4, 0.5) is 45.2 Å². The zero-order valence-electron chi connectivity index (χ0n) is 16.5. The fraction of sp³-hybridized carbons (Fsp3) is 0.611. The Labute approximate surface area is 178 Å². The van der Waals surface area contributed by atoms with Gasteiger partial charge in [-0.2, -0.15) is 47.9 Å². The van der Waals surface area contributed by atoms with Crippen molar-refractivity contribution in [1.29, 1.82) is 0 Å². The number of para-hydroxylation sites is 1. The molecule has 0 radical (unpaired) electrons. The van der Waals surface area contributed by atoms with E-state index in [-0.39, 0.29) is 18.5 Å². The minimum absolute atomic E-state index is 0.211. The van der Waals surface area contributed by atoms with Crippen LogP contribution in [0, 0.1) is 5.92 Å². The Bertz CT molecular complexity index is 926. The molecule has 4 nitrogen and oxygen atoms in total. The van der Waals surface area contributed by atoms with Gasteiger partial charge in [-0.25, -0.2) is 0 Å². The van der Waals surface area contributed by atoms with Crippen LogP contribution in [0.2, 0.25) is 0 Å². The van der Waals surface area contributed by atoms with Crippen molar-refractivity contribution in [2.75, 3.05) is 11.9 Å². The lowest BCUT2D eigenvalue weighted by molar-refractivity contribution is -0.382. The highest BCUT2D eigenvalue weighted by Gasteiger charge is 2.85. The molecule has 14 heteroatoms. The van der Waals surface area contributed by atoms with E-state index >= 15 is 0 Å². The van der Waals surface area contributed by atoms with Crippen molar-refractivity contribution in [2.45, 2.75) is 55.4 Å². The molecule has 2 rings (SSSR count). The Morgan fingerprint density at radius 2 is 1.38 bits per heavy atom. The van der Waals surface area contributed by atoms with Crippen LogP contribution >= 0.6 is 0 Å². The molecule has 0 saturated heterocycles. The Kier molecular flexibility index (Phi) is 7.18. The molecule has 1 saturated carbocycles. The number of anilines is 1. The van der Waals surface area contributed by atoms with Gasteiger partial charge >= 0.3 is 33.3 Å². The molecular formula is C18H19F9N2O2S. The average Bonchev–Trinajstić information content (AvgIpc) is 2.71. The lowest BCUT2D eigenvalue weighted by atomic mass is 9.88. The van der Waals surface area contributed by atoms with E-state index in [1.807, 2.05) is 0 Å². The lowest BCUT2D eigenvalue weighted by Gasteiger charge is -2.33. The van der Waals surface area contributed by atoms with Gasteiger partial charge in [0.15, 0.2) is 0 Å². The number of hydrogen-bond acceptors (Lipinski definition) is 2. The van der Waals surface area contributed by atoms with E-state index in [4.69, 9.17) is 0 Å². The third kappa shape index (κ3) is 4.55. The second-order valence-corrected chi connectivity index (χ2v) is 8.96. The Morgan fingerprint density at radius 3 is 1.84 bits per heavy atom. The van der Waals surface area contributed by atoms with Crippen LogP contribution in [0.1, 0.15) is 32.1 Å². The highest BCUT2D eigenvalue weighted by atomic mass is 32.2. The maximum absolute atomic E-state index is 14.2. The van der Waals surface area contributed by atoms with Crippen molar-refractivity contribution in [1.82, 2.24) is 0 Å². The molecule has 0 spiro atoms. The molecular weight excluding hydrogens is 479 g/mol. The zero-order chi connectivity index (χ0) is 24.6. The average molecular weight is 498 g/mol. The van der Waals surface area contributed by atoms with Gasteiger partial charge in [-0.15, -0.1) is 4.40 Å². The van der Waals surface area contributed by atoms with E-state index in [2.05, 4.69) is 4.40 Å². The van der Waals surface area contributed by atoms with Gasteiger partial charge in [-0.05, 0) is 25.0 Å².